The Balaban J connectivity index is 1.52. The zero-order valence-corrected chi connectivity index (χ0v) is 13.1. The van der Waals surface area contributed by atoms with E-state index in [4.69, 9.17) is 0 Å². The summed E-state index contributed by atoms with van der Waals surface area (Å²) in [5.41, 5.74) is 0. The minimum Gasteiger partial charge on any atom is -0.336 e. The number of carbonyl (C=O) groups is 3. The average Bonchev–Trinajstić information content (AvgIpc) is 3.25. The molecule has 23 heavy (non-hydrogen) atoms. The number of benzene rings is 1. The molecular formula is C16H15N3O3S. The SMILES string of the molecule is O=C(c1cc2ccccc2s1)N1CCC(N2C(=O)CNC2=O)C1. The Hall–Kier alpha value is -2.41. The lowest BCUT2D eigenvalue weighted by atomic mass is 10.2. The van der Waals surface area contributed by atoms with Gasteiger partial charge in [-0.3, -0.25) is 14.5 Å². The molecule has 0 saturated carbocycles. The van der Waals surface area contributed by atoms with Crippen molar-refractivity contribution in [2.45, 2.75) is 12.5 Å². The van der Waals surface area contributed by atoms with Crippen molar-refractivity contribution in [3.8, 4) is 0 Å². The Morgan fingerprint density at radius 2 is 2.09 bits per heavy atom. The van der Waals surface area contributed by atoms with E-state index in [1.54, 1.807) is 4.90 Å². The molecule has 2 aliphatic heterocycles. The van der Waals surface area contributed by atoms with E-state index in [2.05, 4.69) is 5.32 Å². The molecule has 1 unspecified atom stereocenters. The number of hydrogen-bond donors (Lipinski definition) is 1. The predicted molar refractivity (Wildman–Crippen MR) is 86.4 cm³/mol. The molecule has 0 aliphatic carbocycles. The van der Waals surface area contributed by atoms with Crippen LogP contribution >= 0.6 is 11.3 Å². The van der Waals surface area contributed by atoms with Gasteiger partial charge in [0.15, 0.2) is 0 Å². The summed E-state index contributed by atoms with van der Waals surface area (Å²) < 4.78 is 1.08. The maximum absolute atomic E-state index is 12.7. The van der Waals surface area contributed by atoms with Crippen LogP contribution in [0.2, 0.25) is 0 Å². The summed E-state index contributed by atoms with van der Waals surface area (Å²) in [6, 6.07) is 9.23. The minimum absolute atomic E-state index is 0.0271. The predicted octanol–water partition coefficient (Wildman–Crippen LogP) is 1.67. The molecule has 6 nitrogen and oxygen atoms in total. The second kappa shape index (κ2) is 5.34. The van der Waals surface area contributed by atoms with Gasteiger partial charge in [-0.05, 0) is 23.9 Å². The fourth-order valence-corrected chi connectivity index (χ4v) is 4.22. The zero-order valence-electron chi connectivity index (χ0n) is 12.3. The molecule has 2 saturated heterocycles. The number of thiophene rings is 1. The largest absolute Gasteiger partial charge is 0.336 e. The van der Waals surface area contributed by atoms with E-state index < -0.39 is 0 Å². The summed E-state index contributed by atoms with van der Waals surface area (Å²) in [5.74, 6) is -0.239. The summed E-state index contributed by atoms with van der Waals surface area (Å²) in [7, 11) is 0. The lowest BCUT2D eigenvalue weighted by Gasteiger charge is -2.21. The number of imide groups is 1. The highest BCUT2D eigenvalue weighted by Crippen LogP contribution is 2.28. The van der Waals surface area contributed by atoms with Crippen molar-refractivity contribution < 1.29 is 14.4 Å². The highest BCUT2D eigenvalue weighted by molar-refractivity contribution is 7.20. The first-order chi connectivity index (χ1) is 11.1. The Labute approximate surface area is 136 Å². The molecule has 1 aromatic heterocycles. The highest BCUT2D eigenvalue weighted by Gasteiger charge is 2.39. The van der Waals surface area contributed by atoms with Gasteiger partial charge < -0.3 is 10.2 Å². The third-order valence-electron chi connectivity index (χ3n) is 4.33. The molecule has 4 amide bonds. The lowest BCUT2D eigenvalue weighted by Crippen LogP contribution is -2.42. The fraction of sp³-hybridized carbons (Fsp3) is 0.312. The van der Waals surface area contributed by atoms with Gasteiger partial charge >= 0.3 is 6.03 Å². The Morgan fingerprint density at radius 1 is 1.26 bits per heavy atom. The fourth-order valence-electron chi connectivity index (χ4n) is 3.18. The van der Waals surface area contributed by atoms with Crippen LogP contribution in [-0.2, 0) is 4.79 Å². The van der Waals surface area contributed by atoms with E-state index in [0.29, 0.717) is 24.4 Å². The van der Waals surface area contributed by atoms with Gasteiger partial charge in [-0.25, -0.2) is 4.79 Å². The minimum atomic E-state index is -0.351. The van der Waals surface area contributed by atoms with Crippen molar-refractivity contribution in [2.75, 3.05) is 19.6 Å². The van der Waals surface area contributed by atoms with Gasteiger partial charge in [0.1, 0.15) is 0 Å². The van der Waals surface area contributed by atoms with Gasteiger partial charge in [0.05, 0.1) is 17.5 Å². The smallest absolute Gasteiger partial charge is 0.324 e. The third kappa shape index (κ3) is 2.37. The number of carbonyl (C=O) groups excluding carboxylic acids is 3. The molecule has 7 heteroatoms. The molecule has 118 valence electrons. The van der Waals surface area contributed by atoms with Gasteiger partial charge in [-0.1, -0.05) is 18.2 Å². The molecule has 2 aliphatic rings. The lowest BCUT2D eigenvalue weighted by molar-refractivity contribution is -0.126. The number of urea groups is 1. The first-order valence-corrected chi connectivity index (χ1v) is 8.33. The maximum atomic E-state index is 12.7. The molecule has 0 bridgehead atoms. The van der Waals surface area contributed by atoms with Crippen LogP contribution in [0.15, 0.2) is 30.3 Å². The van der Waals surface area contributed by atoms with E-state index in [1.165, 1.54) is 16.2 Å². The molecule has 0 spiro atoms. The van der Waals surface area contributed by atoms with Crippen LogP contribution in [-0.4, -0.2) is 53.3 Å². The number of nitrogens with one attached hydrogen (secondary N) is 1. The van der Waals surface area contributed by atoms with Crippen LogP contribution in [0.5, 0.6) is 0 Å². The number of nitrogens with zero attached hydrogens (tertiary/aromatic N) is 2. The van der Waals surface area contributed by atoms with E-state index in [-0.39, 0.29) is 30.4 Å². The van der Waals surface area contributed by atoms with Crippen LogP contribution in [0.25, 0.3) is 10.1 Å². The molecule has 3 heterocycles. The second-order valence-electron chi connectivity index (χ2n) is 5.76. The number of likely N-dealkylation sites (tertiary alicyclic amines) is 1. The van der Waals surface area contributed by atoms with Crippen LogP contribution < -0.4 is 5.32 Å². The van der Waals surface area contributed by atoms with Crippen LogP contribution in [0.3, 0.4) is 0 Å². The normalized spacial score (nSPS) is 21.3. The Bertz CT molecular complexity index is 767. The van der Waals surface area contributed by atoms with E-state index in [1.807, 2.05) is 30.3 Å². The van der Waals surface area contributed by atoms with Gasteiger partial charge in [-0.2, -0.15) is 0 Å². The molecule has 0 radical (unpaired) electrons. The summed E-state index contributed by atoms with van der Waals surface area (Å²) in [4.78, 5) is 39.9. The number of hydrogen-bond acceptors (Lipinski definition) is 4. The summed E-state index contributed by atoms with van der Waals surface area (Å²) in [6.45, 7) is 1.03. The number of rotatable bonds is 2. The van der Waals surface area contributed by atoms with Crippen molar-refractivity contribution in [2.24, 2.45) is 0 Å². The molecule has 1 N–H and O–H groups in total. The third-order valence-corrected chi connectivity index (χ3v) is 5.43. The van der Waals surface area contributed by atoms with Crippen molar-refractivity contribution in [3.05, 3.63) is 35.2 Å². The van der Waals surface area contributed by atoms with E-state index in [0.717, 1.165) is 10.1 Å². The topological polar surface area (TPSA) is 69.7 Å². The first-order valence-electron chi connectivity index (χ1n) is 7.51. The zero-order chi connectivity index (χ0) is 16.0. The van der Waals surface area contributed by atoms with Gasteiger partial charge in [0, 0.05) is 17.8 Å². The molecule has 2 fully saturated rings. The van der Waals surface area contributed by atoms with Gasteiger partial charge in [-0.15, -0.1) is 11.3 Å². The first kappa shape index (κ1) is 14.2. The Kier molecular flexibility index (Phi) is 3.30. The highest BCUT2D eigenvalue weighted by atomic mass is 32.1. The Morgan fingerprint density at radius 3 is 2.83 bits per heavy atom. The number of amides is 4. The van der Waals surface area contributed by atoms with E-state index in [9.17, 15) is 14.4 Å². The van der Waals surface area contributed by atoms with Gasteiger partial charge in [0.25, 0.3) is 5.91 Å². The van der Waals surface area contributed by atoms with Crippen molar-refractivity contribution >= 4 is 39.3 Å². The van der Waals surface area contributed by atoms with E-state index >= 15 is 0 Å². The summed E-state index contributed by atoms with van der Waals surface area (Å²) in [5, 5.41) is 3.59. The molecule has 2 aromatic rings. The molecule has 1 atom stereocenters. The van der Waals surface area contributed by atoms with Crippen LogP contribution in [0, 0.1) is 0 Å². The van der Waals surface area contributed by atoms with Crippen LogP contribution in [0.1, 0.15) is 16.1 Å². The average molecular weight is 329 g/mol. The van der Waals surface area contributed by atoms with Gasteiger partial charge in [0.2, 0.25) is 5.91 Å². The quantitative estimate of drug-likeness (QED) is 0.852. The monoisotopic (exact) mass is 329 g/mol. The van der Waals surface area contributed by atoms with Crippen molar-refractivity contribution in [3.63, 3.8) is 0 Å². The molecule has 4 rings (SSSR count). The number of fused-ring (bicyclic) bond motifs is 1. The summed E-state index contributed by atoms with van der Waals surface area (Å²) in [6.07, 6.45) is 0.635. The molecule has 1 aromatic carbocycles. The standard InChI is InChI=1S/C16H15N3O3S/c20-14-8-17-16(22)19(14)11-5-6-18(9-11)15(21)13-7-10-3-1-2-4-12(10)23-13/h1-4,7,11H,5-6,8-9H2,(H,17,22). The maximum Gasteiger partial charge on any atom is 0.324 e. The van der Waals surface area contributed by atoms with Crippen LogP contribution in [0.4, 0.5) is 4.79 Å². The van der Waals surface area contributed by atoms with Crippen molar-refractivity contribution in [1.82, 2.24) is 15.1 Å². The molecular weight excluding hydrogens is 314 g/mol. The summed E-state index contributed by atoms with van der Waals surface area (Å²) >= 11 is 1.48. The van der Waals surface area contributed by atoms with Crippen molar-refractivity contribution in [1.29, 1.82) is 0 Å². The second-order valence-corrected chi connectivity index (χ2v) is 6.85.